The van der Waals surface area contributed by atoms with Gasteiger partial charge in [-0.05, 0) is 38.0 Å². The number of aliphatic hydroxyl groups excluding tert-OH is 1. The molecule has 2 aromatic rings. The molecule has 0 radical (unpaired) electrons. The third-order valence-electron chi connectivity index (χ3n) is 4.78. The highest BCUT2D eigenvalue weighted by molar-refractivity contribution is 6.26. The zero-order valence-corrected chi connectivity index (χ0v) is 18.3. The number of hydrogen-bond donors (Lipinski definition) is 4. The number of amides is 1. The Morgan fingerprint density at radius 2 is 2.00 bits per heavy atom. The van der Waals surface area contributed by atoms with E-state index in [4.69, 9.17) is 10.1 Å². The summed E-state index contributed by atoms with van der Waals surface area (Å²) in [4.78, 5) is 41.4. The van der Waals surface area contributed by atoms with Crippen LogP contribution in [-0.2, 0) is 25.5 Å². The molecule has 0 aliphatic heterocycles. The number of ketones is 1. The molecule has 1 aromatic heterocycles. The van der Waals surface area contributed by atoms with Gasteiger partial charge in [-0.15, -0.1) is 0 Å². The lowest BCUT2D eigenvalue weighted by atomic mass is 10.0. The summed E-state index contributed by atoms with van der Waals surface area (Å²) in [7, 11) is 3.88. The molecule has 1 heterocycles. The average Bonchev–Trinajstić information content (AvgIpc) is 3.11. The van der Waals surface area contributed by atoms with Crippen molar-refractivity contribution in [2.45, 2.75) is 51.4 Å². The van der Waals surface area contributed by atoms with E-state index >= 15 is 0 Å². The largest absolute Gasteiger partial charge is 0.461 e. The number of carbonyl (C=O) groups excluding carboxylic acids is 3. The lowest BCUT2D eigenvalue weighted by molar-refractivity contribution is -0.152. The van der Waals surface area contributed by atoms with Crippen LogP contribution < -0.4 is 10.2 Å². The van der Waals surface area contributed by atoms with Gasteiger partial charge >= 0.3 is 5.97 Å². The summed E-state index contributed by atoms with van der Waals surface area (Å²) in [6, 6.07) is 4.76. The molecule has 2 rings (SSSR count). The van der Waals surface area contributed by atoms with Crippen molar-refractivity contribution >= 4 is 40.5 Å². The topological polar surface area (TPSA) is 136 Å². The van der Waals surface area contributed by atoms with Crippen molar-refractivity contribution in [2.75, 3.05) is 19.0 Å². The molecule has 2 atom stereocenters. The zero-order valence-electron chi connectivity index (χ0n) is 18.3. The lowest BCUT2D eigenvalue weighted by Crippen LogP contribution is -2.47. The number of nitrogens with one attached hydrogen (secondary N) is 3. The maximum atomic E-state index is 12.5. The zero-order chi connectivity index (χ0) is 23.1. The van der Waals surface area contributed by atoms with Crippen molar-refractivity contribution in [3.05, 3.63) is 30.0 Å². The van der Waals surface area contributed by atoms with Gasteiger partial charge in [0.05, 0.1) is 12.3 Å². The molecule has 1 aromatic carbocycles. The molecular weight excluding hydrogens is 400 g/mol. The Balaban J connectivity index is 2.08. The molecule has 0 spiro atoms. The number of ether oxygens (including phenoxy) is 1. The highest BCUT2D eigenvalue weighted by Gasteiger charge is 2.27. The summed E-state index contributed by atoms with van der Waals surface area (Å²) >= 11 is 0. The lowest BCUT2D eigenvalue weighted by Gasteiger charge is -2.20. The summed E-state index contributed by atoms with van der Waals surface area (Å²) in [5.41, 5.74) is 2.67. The maximum absolute atomic E-state index is 12.5. The quantitative estimate of drug-likeness (QED) is 0.316. The van der Waals surface area contributed by atoms with Gasteiger partial charge in [0.2, 0.25) is 5.91 Å². The van der Waals surface area contributed by atoms with E-state index < -0.39 is 35.9 Å². The van der Waals surface area contributed by atoms with Crippen molar-refractivity contribution < 1.29 is 24.2 Å². The highest BCUT2D eigenvalue weighted by atomic mass is 16.5. The first-order valence-electron chi connectivity index (χ1n) is 10.1. The van der Waals surface area contributed by atoms with Crippen LogP contribution in [0.15, 0.2) is 24.4 Å². The van der Waals surface area contributed by atoms with Gasteiger partial charge < -0.3 is 30.5 Å². The number of aromatic nitrogens is 1. The van der Waals surface area contributed by atoms with Crippen molar-refractivity contribution in [3.8, 4) is 0 Å². The fourth-order valence-corrected chi connectivity index (χ4v) is 3.11. The highest BCUT2D eigenvalue weighted by Crippen LogP contribution is 2.24. The predicted molar refractivity (Wildman–Crippen MR) is 119 cm³/mol. The van der Waals surface area contributed by atoms with Crippen LogP contribution in [-0.4, -0.2) is 66.3 Å². The number of nitrogens with zero attached hydrogens (tertiary/aromatic N) is 1. The molecule has 0 fully saturated rings. The molecule has 4 N–H and O–H groups in total. The number of hydrogen-bond acceptors (Lipinski definition) is 7. The summed E-state index contributed by atoms with van der Waals surface area (Å²) in [5.74, 6) is -1.88. The van der Waals surface area contributed by atoms with Crippen LogP contribution >= 0.6 is 0 Å². The molecule has 0 saturated carbocycles. The van der Waals surface area contributed by atoms with E-state index in [9.17, 15) is 19.5 Å². The first-order valence-corrected chi connectivity index (χ1v) is 10.1. The van der Waals surface area contributed by atoms with Crippen molar-refractivity contribution in [2.24, 2.45) is 0 Å². The van der Waals surface area contributed by atoms with Crippen LogP contribution in [0.1, 0.15) is 32.3 Å². The van der Waals surface area contributed by atoms with E-state index in [0.717, 1.165) is 22.2 Å². The number of esters is 1. The van der Waals surface area contributed by atoms with E-state index in [1.165, 1.54) is 0 Å². The number of anilines is 1. The van der Waals surface area contributed by atoms with Crippen LogP contribution in [0.25, 0.3) is 10.9 Å². The number of benzene rings is 1. The van der Waals surface area contributed by atoms with E-state index in [1.54, 1.807) is 20.0 Å². The number of aromatic amines is 1. The van der Waals surface area contributed by atoms with Crippen LogP contribution in [0.3, 0.4) is 0 Å². The van der Waals surface area contributed by atoms with Crippen molar-refractivity contribution in [1.29, 1.82) is 5.41 Å². The first-order chi connectivity index (χ1) is 14.6. The third kappa shape index (κ3) is 6.65. The number of H-pyrrole nitrogens is 1. The SMILES string of the molecule is CC(C)OC(=O)[C@H](CCC(=O)C=N)NC(=O)[C@@H](O)Cc1c[nH]c2cc(N(C)C)ccc12. The summed E-state index contributed by atoms with van der Waals surface area (Å²) in [5, 5.41) is 20.8. The third-order valence-corrected chi connectivity index (χ3v) is 4.78. The number of fused-ring (bicyclic) bond motifs is 1. The van der Waals surface area contributed by atoms with Crippen LogP contribution in [0.2, 0.25) is 0 Å². The second-order valence-electron chi connectivity index (χ2n) is 7.85. The van der Waals surface area contributed by atoms with Gasteiger partial charge in [-0.25, -0.2) is 4.79 Å². The second-order valence-corrected chi connectivity index (χ2v) is 7.85. The van der Waals surface area contributed by atoms with Gasteiger partial charge in [-0.2, -0.15) is 0 Å². The Morgan fingerprint density at radius 3 is 2.61 bits per heavy atom. The monoisotopic (exact) mass is 430 g/mol. The summed E-state index contributed by atoms with van der Waals surface area (Å²) < 4.78 is 5.14. The fraction of sp³-hybridized carbons (Fsp3) is 0.455. The molecule has 31 heavy (non-hydrogen) atoms. The van der Waals surface area contributed by atoms with Crippen LogP contribution in [0, 0.1) is 5.41 Å². The summed E-state index contributed by atoms with van der Waals surface area (Å²) in [6.45, 7) is 3.35. The van der Waals surface area contributed by atoms with Gasteiger partial charge in [-0.3, -0.25) is 9.59 Å². The minimum absolute atomic E-state index is 0.0153. The number of rotatable bonds is 11. The number of Topliss-reactive ketones (excluding diaryl/α,β-unsaturated/α-hetero) is 1. The molecule has 9 nitrogen and oxygen atoms in total. The smallest absolute Gasteiger partial charge is 0.328 e. The average molecular weight is 431 g/mol. The van der Waals surface area contributed by atoms with Gasteiger partial charge in [0, 0.05) is 49.7 Å². The van der Waals surface area contributed by atoms with Gasteiger partial charge in [0.15, 0.2) is 5.78 Å². The Hall–Kier alpha value is -3.20. The Labute approximate surface area is 181 Å². The fourth-order valence-electron chi connectivity index (χ4n) is 3.11. The second kappa shape index (κ2) is 10.7. The first kappa shape index (κ1) is 24.1. The molecule has 168 valence electrons. The normalized spacial score (nSPS) is 13.0. The minimum Gasteiger partial charge on any atom is -0.461 e. The Morgan fingerprint density at radius 1 is 1.29 bits per heavy atom. The van der Waals surface area contributed by atoms with Crippen molar-refractivity contribution in [3.63, 3.8) is 0 Å². The van der Waals surface area contributed by atoms with E-state index in [-0.39, 0.29) is 19.3 Å². The Kier molecular flexibility index (Phi) is 8.32. The van der Waals surface area contributed by atoms with Crippen LogP contribution in [0.4, 0.5) is 5.69 Å². The minimum atomic E-state index is -1.39. The van der Waals surface area contributed by atoms with E-state index in [0.29, 0.717) is 6.21 Å². The molecule has 0 bridgehead atoms. The molecule has 0 aliphatic carbocycles. The number of carbonyl (C=O) groups is 3. The molecule has 0 aliphatic rings. The van der Waals surface area contributed by atoms with E-state index in [2.05, 4.69) is 10.3 Å². The number of aliphatic hydroxyl groups is 1. The van der Waals surface area contributed by atoms with Crippen LogP contribution in [0.5, 0.6) is 0 Å². The molecule has 0 saturated heterocycles. The predicted octanol–water partition coefficient (Wildman–Crippen LogP) is 1.57. The van der Waals surface area contributed by atoms with Crippen molar-refractivity contribution in [1.82, 2.24) is 10.3 Å². The van der Waals surface area contributed by atoms with E-state index in [1.807, 2.05) is 37.2 Å². The molecular formula is C22H30N4O5. The molecule has 1 amide bonds. The standard InChI is InChI=1S/C22H30N4O5/c1-13(2)31-22(30)18(8-6-16(27)11-23)25-21(29)20(28)9-14-12-24-19-10-15(26(3)4)5-7-17(14)19/h5,7,10-13,18,20,23-24,28H,6,8-9H2,1-4H3,(H,25,29)/t18-,20-/m0/s1. The van der Waals surface area contributed by atoms with Gasteiger partial charge in [0.1, 0.15) is 12.1 Å². The molecule has 9 heteroatoms. The van der Waals surface area contributed by atoms with Gasteiger partial charge in [0.25, 0.3) is 0 Å². The summed E-state index contributed by atoms with van der Waals surface area (Å²) in [6.07, 6.45) is 0.577. The Bertz CT molecular complexity index is 951. The molecule has 0 unspecified atom stereocenters. The van der Waals surface area contributed by atoms with Gasteiger partial charge in [-0.1, -0.05) is 6.07 Å². The maximum Gasteiger partial charge on any atom is 0.328 e.